The van der Waals surface area contributed by atoms with E-state index in [1.54, 1.807) is 11.6 Å². The van der Waals surface area contributed by atoms with Crippen molar-refractivity contribution in [1.29, 1.82) is 0 Å². The summed E-state index contributed by atoms with van der Waals surface area (Å²) in [5.74, 6) is 0.987. The highest BCUT2D eigenvalue weighted by Gasteiger charge is 2.35. The van der Waals surface area contributed by atoms with Crippen LogP contribution in [0, 0.1) is 0 Å². The van der Waals surface area contributed by atoms with Crippen LogP contribution in [0.3, 0.4) is 0 Å². The van der Waals surface area contributed by atoms with E-state index in [1.165, 1.54) is 16.9 Å². The first-order valence-electron chi connectivity index (χ1n) is 9.28. The number of hydrogen-bond donors (Lipinski definition) is 0. The van der Waals surface area contributed by atoms with Gasteiger partial charge >= 0.3 is 0 Å². The molecule has 0 unspecified atom stereocenters. The van der Waals surface area contributed by atoms with Crippen molar-refractivity contribution in [2.75, 3.05) is 11.4 Å². The Bertz CT molecular complexity index is 1040. The topological polar surface area (TPSA) is 68.1 Å². The van der Waals surface area contributed by atoms with Crippen LogP contribution < -0.4 is 10.5 Å². The molecule has 6 nitrogen and oxygen atoms in total. The highest BCUT2D eigenvalue weighted by atomic mass is 32.1. The fraction of sp³-hybridized carbons (Fsp3) is 0.400. The first kappa shape index (κ1) is 17.9. The van der Waals surface area contributed by atoms with Crippen molar-refractivity contribution < 1.29 is 4.79 Å². The minimum Gasteiger partial charge on any atom is -0.338 e. The first-order chi connectivity index (χ1) is 13.1. The molecule has 140 valence electrons. The van der Waals surface area contributed by atoms with Crippen LogP contribution in [0.25, 0.3) is 10.3 Å². The zero-order valence-corrected chi connectivity index (χ0v) is 16.3. The number of aryl methyl sites for hydroxylation is 2. The third-order valence-corrected chi connectivity index (χ3v) is 6.17. The standard InChI is InChI=1S/C20H22N4O2S/c1-3-16-21-18-17(19(26)23(16)2)22-20(27-18)24-12-11-14(24)15(25)10-9-13-7-5-4-6-8-13/h4-8,14H,3,9-12H2,1-2H3/t14-/m1/s1. The van der Waals surface area contributed by atoms with Crippen LogP contribution >= 0.6 is 11.3 Å². The molecule has 1 atom stereocenters. The lowest BCUT2D eigenvalue weighted by molar-refractivity contribution is -0.121. The number of anilines is 1. The monoisotopic (exact) mass is 382 g/mol. The number of fused-ring (bicyclic) bond motifs is 1. The van der Waals surface area contributed by atoms with Crippen LogP contribution in [0.4, 0.5) is 5.13 Å². The molecule has 0 spiro atoms. The van der Waals surface area contributed by atoms with Gasteiger partial charge in [-0.3, -0.25) is 14.2 Å². The van der Waals surface area contributed by atoms with Gasteiger partial charge in [0.2, 0.25) is 0 Å². The van der Waals surface area contributed by atoms with E-state index in [0.717, 1.165) is 30.3 Å². The summed E-state index contributed by atoms with van der Waals surface area (Å²) in [5, 5.41) is 0.729. The maximum absolute atomic E-state index is 12.7. The molecule has 1 aliphatic heterocycles. The average molecular weight is 382 g/mol. The van der Waals surface area contributed by atoms with Crippen molar-refractivity contribution in [2.24, 2.45) is 7.05 Å². The molecule has 0 radical (unpaired) electrons. The second-order valence-corrected chi connectivity index (χ2v) is 7.80. The fourth-order valence-electron chi connectivity index (χ4n) is 3.45. The number of rotatable bonds is 6. The number of nitrogens with zero attached hydrogens (tertiary/aromatic N) is 4. The maximum atomic E-state index is 12.7. The Morgan fingerprint density at radius 1 is 1.26 bits per heavy atom. The predicted octanol–water partition coefficient (Wildman–Crippen LogP) is 2.73. The van der Waals surface area contributed by atoms with Crippen LogP contribution in [0.2, 0.25) is 0 Å². The summed E-state index contributed by atoms with van der Waals surface area (Å²) < 4.78 is 1.56. The smallest absolute Gasteiger partial charge is 0.280 e. The molecule has 0 aliphatic carbocycles. The molecule has 3 heterocycles. The second-order valence-electron chi connectivity index (χ2n) is 6.85. The highest BCUT2D eigenvalue weighted by molar-refractivity contribution is 7.21. The van der Waals surface area contributed by atoms with Crippen LogP contribution in [-0.4, -0.2) is 32.9 Å². The molecule has 1 aromatic carbocycles. The summed E-state index contributed by atoms with van der Waals surface area (Å²) in [6, 6.07) is 9.93. The molecule has 27 heavy (non-hydrogen) atoms. The number of carbonyl (C=O) groups is 1. The van der Waals surface area contributed by atoms with Gasteiger partial charge in [-0.25, -0.2) is 9.97 Å². The van der Waals surface area contributed by atoms with Gasteiger partial charge in [0, 0.05) is 26.4 Å². The van der Waals surface area contributed by atoms with E-state index >= 15 is 0 Å². The van der Waals surface area contributed by atoms with Crippen molar-refractivity contribution in [1.82, 2.24) is 14.5 Å². The third-order valence-electron chi connectivity index (χ3n) is 5.18. The molecule has 7 heteroatoms. The minimum atomic E-state index is -0.135. The van der Waals surface area contributed by atoms with Gasteiger partial charge in [0.1, 0.15) is 5.82 Å². The number of aromatic nitrogens is 3. The van der Waals surface area contributed by atoms with Gasteiger partial charge in [0.05, 0.1) is 6.04 Å². The summed E-state index contributed by atoms with van der Waals surface area (Å²) in [7, 11) is 1.73. The highest BCUT2D eigenvalue weighted by Crippen LogP contribution is 2.33. The molecule has 0 bridgehead atoms. The molecule has 1 aliphatic rings. The molecular weight excluding hydrogens is 360 g/mol. The van der Waals surface area contributed by atoms with Crippen LogP contribution in [0.5, 0.6) is 0 Å². The number of Topliss-reactive ketones (excluding diaryl/α,β-unsaturated/α-hetero) is 1. The van der Waals surface area contributed by atoms with E-state index in [0.29, 0.717) is 23.2 Å². The van der Waals surface area contributed by atoms with Crippen molar-refractivity contribution >= 4 is 32.6 Å². The van der Waals surface area contributed by atoms with E-state index < -0.39 is 0 Å². The maximum Gasteiger partial charge on any atom is 0.280 e. The van der Waals surface area contributed by atoms with Gasteiger partial charge < -0.3 is 4.90 Å². The molecule has 1 fully saturated rings. The fourth-order valence-corrected chi connectivity index (χ4v) is 4.48. The van der Waals surface area contributed by atoms with E-state index in [1.807, 2.05) is 42.2 Å². The molecule has 3 aromatic rings. The zero-order valence-electron chi connectivity index (χ0n) is 15.5. The Hall–Kier alpha value is -2.54. The quantitative estimate of drug-likeness (QED) is 0.656. The van der Waals surface area contributed by atoms with E-state index in [2.05, 4.69) is 9.97 Å². The second kappa shape index (κ2) is 7.23. The van der Waals surface area contributed by atoms with Crippen LogP contribution in [-0.2, 0) is 24.7 Å². The van der Waals surface area contributed by atoms with Crippen LogP contribution in [0.1, 0.15) is 31.2 Å². The lowest BCUT2D eigenvalue weighted by Crippen LogP contribution is -2.52. The Morgan fingerprint density at radius 3 is 2.70 bits per heavy atom. The Morgan fingerprint density at radius 2 is 2.04 bits per heavy atom. The minimum absolute atomic E-state index is 0.119. The Kier molecular flexibility index (Phi) is 4.78. The summed E-state index contributed by atoms with van der Waals surface area (Å²) in [5.41, 5.74) is 1.46. The summed E-state index contributed by atoms with van der Waals surface area (Å²) in [4.78, 5) is 36.9. The molecule has 0 N–H and O–H groups in total. The largest absolute Gasteiger partial charge is 0.338 e. The predicted molar refractivity (Wildman–Crippen MR) is 108 cm³/mol. The van der Waals surface area contributed by atoms with Crippen molar-refractivity contribution in [3.8, 4) is 0 Å². The van der Waals surface area contributed by atoms with Gasteiger partial charge in [-0.15, -0.1) is 0 Å². The lowest BCUT2D eigenvalue weighted by Gasteiger charge is -2.39. The van der Waals surface area contributed by atoms with Gasteiger partial charge in [0.25, 0.3) is 5.56 Å². The van der Waals surface area contributed by atoms with Crippen LogP contribution in [0.15, 0.2) is 35.1 Å². The van der Waals surface area contributed by atoms with E-state index in [4.69, 9.17) is 0 Å². The number of carbonyl (C=O) groups excluding carboxylic acids is 1. The van der Waals surface area contributed by atoms with Gasteiger partial charge in [0.15, 0.2) is 21.3 Å². The van der Waals surface area contributed by atoms with Crippen molar-refractivity contribution in [2.45, 2.75) is 38.6 Å². The van der Waals surface area contributed by atoms with Gasteiger partial charge in [-0.05, 0) is 18.4 Å². The van der Waals surface area contributed by atoms with Crippen molar-refractivity contribution in [3.05, 3.63) is 52.1 Å². The average Bonchev–Trinajstić information content (AvgIpc) is 3.06. The van der Waals surface area contributed by atoms with Gasteiger partial charge in [-0.2, -0.15) is 0 Å². The molecule has 4 rings (SSSR count). The SMILES string of the molecule is CCc1nc2sc(N3CC[C@@H]3C(=O)CCc3ccccc3)nc2c(=O)n1C. The number of ketones is 1. The third kappa shape index (κ3) is 3.27. The lowest BCUT2D eigenvalue weighted by atomic mass is 9.95. The van der Waals surface area contributed by atoms with Gasteiger partial charge in [-0.1, -0.05) is 48.6 Å². The molecule has 0 saturated carbocycles. The summed E-state index contributed by atoms with van der Waals surface area (Å²) >= 11 is 1.41. The number of benzene rings is 1. The molecular formula is C20H22N4O2S. The van der Waals surface area contributed by atoms with E-state index in [-0.39, 0.29) is 17.4 Å². The number of hydrogen-bond acceptors (Lipinski definition) is 6. The van der Waals surface area contributed by atoms with Crippen molar-refractivity contribution in [3.63, 3.8) is 0 Å². The zero-order chi connectivity index (χ0) is 19.0. The summed E-state index contributed by atoms with van der Waals surface area (Å²) in [6.45, 7) is 2.77. The normalized spacial score (nSPS) is 16.5. The Balaban J connectivity index is 1.52. The summed E-state index contributed by atoms with van der Waals surface area (Å²) in [6.07, 6.45) is 2.82. The first-order valence-corrected chi connectivity index (χ1v) is 10.1. The molecule has 2 aromatic heterocycles. The molecule has 1 saturated heterocycles. The van der Waals surface area contributed by atoms with E-state index in [9.17, 15) is 9.59 Å². The Labute approximate surface area is 161 Å². The number of thiazole rings is 1. The molecule has 0 amide bonds.